The second-order valence-corrected chi connectivity index (χ2v) is 7.36. The number of fused-ring (bicyclic) bond motifs is 2. The summed E-state index contributed by atoms with van der Waals surface area (Å²) < 4.78 is 39.6. The van der Waals surface area contributed by atoms with E-state index in [0.29, 0.717) is 12.8 Å². The summed E-state index contributed by atoms with van der Waals surface area (Å²) in [5.41, 5.74) is 0. The Bertz CT molecular complexity index is 400. The largest absolute Gasteiger partial charge is 0.392 e. The van der Waals surface area contributed by atoms with Gasteiger partial charge in [-0.25, -0.2) is 0 Å². The molecule has 4 atom stereocenters. The summed E-state index contributed by atoms with van der Waals surface area (Å²) in [5.74, 6) is -2.58. The van der Waals surface area contributed by atoms with E-state index in [-0.39, 0.29) is 29.8 Å². The number of nitrogens with zero attached hydrogens (tertiary/aromatic N) is 1. The molecule has 120 valence electrons. The first-order valence-electron chi connectivity index (χ1n) is 7.91. The first-order valence-corrected chi connectivity index (χ1v) is 8.34. The number of hydrogen-bond acceptors (Lipinski definition) is 1. The van der Waals surface area contributed by atoms with Gasteiger partial charge in [0.15, 0.2) is 0 Å². The molecule has 3 rings (SSSR count). The zero-order chi connectivity index (χ0) is 15.2. The van der Waals surface area contributed by atoms with Gasteiger partial charge in [0.2, 0.25) is 5.91 Å². The summed E-state index contributed by atoms with van der Waals surface area (Å²) >= 11 is 6.19. The number of piperidine rings is 1. The van der Waals surface area contributed by atoms with E-state index in [1.165, 1.54) is 0 Å². The van der Waals surface area contributed by atoms with Crippen molar-refractivity contribution < 1.29 is 18.0 Å². The molecule has 0 aromatic heterocycles. The molecule has 0 aromatic rings. The summed E-state index contributed by atoms with van der Waals surface area (Å²) in [7, 11) is 0. The van der Waals surface area contributed by atoms with Crippen LogP contribution < -0.4 is 0 Å². The fourth-order valence-electron chi connectivity index (χ4n) is 4.48. The van der Waals surface area contributed by atoms with Gasteiger partial charge in [0.25, 0.3) is 0 Å². The summed E-state index contributed by atoms with van der Waals surface area (Å²) in [5, 5.41) is 0.0660. The summed E-state index contributed by atoms with van der Waals surface area (Å²) in [6.07, 6.45) is 0.760. The van der Waals surface area contributed by atoms with Crippen LogP contribution in [0.3, 0.4) is 0 Å². The zero-order valence-electron chi connectivity index (χ0n) is 11.9. The molecular weight excluding hydrogens is 303 g/mol. The summed E-state index contributed by atoms with van der Waals surface area (Å²) in [4.78, 5) is 14.5. The van der Waals surface area contributed by atoms with E-state index in [1.54, 1.807) is 4.90 Å². The number of carbonyl (C=O) groups is 1. The van der Waals surface area contributed by atoms with E-state index in [9.17, 15) is 18.0 Å². The fourth-order valence-corrected chi connectivity index (χ4v) is 4.89. The van der Waals surface area contributed by atoms with Crippen molar-refractivity contribution >= 4 is 17.5 Å². The van der Waals surface area contributed by atoms with Crippen molar-refractivity contribution in [3.63, 3.8) is 0 Å². The molecule has 0 aromatic carbocycles. The van der Waals surface area contributed by atoms with Crippen LogP contribution in [0.25, 0.3) is 0 Å². The predicted octanol–water partition coefficient (Wildman–Crippen LogP) is 4.12. The van der Waals surface area contributed by atoms with Crippen molar-refractivity contribution in [1.82, 2.24) is 4.90 Å². The van der Waals surface area contributed by atoms with Gasteiger partial charge in [-0.1, -0.05) is 12.8 Å². The Labute approximate surface area is 128 Å². The summed E-state index contributed by atoms with van der Waals surface area (Å²) in [6, 6.07) is 0.129. The summed E-state index contributed by atoms with van der Waals surface area (Å²) in [6.45, 7) is 0. The molecule has 0 radical (unpaired) electrons. The molecule has 21 heavy (non-hydrogen) atoms. The Morgan fingerprint density at radius 2 is 1.57 bits per heavy atom. The molecule has 3 fully saturated rings. The third-order valence-corrected chi connectivity index (χ3v) is 5.79. The van der Waals surface area contributed by atoms with E-state index in [4.69, 9.17) is 11.6 Å². The van der Waals surface area contributed by atoms with E-state index in [0.717, 1.165) is 32.1 Å². The lowest BCUT2D eigenvalue weighted by molar-refractivity contribution is -0.202. The van der Waals surface area contributed by atoms with Crippen LogP contribution in [-0.4, -0.2) is 34.4 Å². The molecule has 0 spiro atoms. The van der Waals surface area contributed by atoms with E-state index in [2.05, 4.69) is 0 Å². The smallest absolute Gasteiger partial charge is 0.336 e. The highest BCUT2D eigenvalue weighted by Crippen LogP contribution is 2.45. The minimum atomic E-state index is -4.26. The van der Waals surface area contributed by atoms with Gasteiger partial charge in [-0.05, 0) is 38.5 Å². The van der Waals surface area contributed by atoms with Crippen LogP contribution in [-0.2, 0) is 4.79 Å². The van der Waals surface area contributed by atoms with Crippen molar-refractivity contribution in [3.05, 3.63) is 0 Å². The highest BCUT2D eigenvalue weighted by Gasteiger charge is 2.52. The number of halogens is 4. The van der Waals surface area contributed by atoms with Crippen LogP contribution in [0.4, 0.5) is 13.2 Å². The van der Waals surface area contributed by atoms with Crippen LogP contribution in [0.2, 0.25) is 0 Å². The third-order valence-electron chi connectivity index (χ3n) is 5.43. The van der Waals surface area contributed by atoms with Crippen molar-refractivity contribution in [1.29, 1.82) is 0 Å². The minimum Gasteiger partial charge on any atom is -0.336 e. The molecule has 2 heterocycles. The van der Waals surface area contributed by atoms with Crippen LogP contribution in [0.1, 0.15) is 51.4 Å². The number of alkyl halides is 4. The second kappa shape index (κ2) is 5.64. The standard InChI is InChI=1S/C15H21ClF3NO/c16-9-7-10-5-6-11(8-9)20(10)14(21)12-3-1-2-4-13(12)15(17,18)19/h9-13H,1-8H2. The topological polar surface area (TPSA) is 20.3 Å². The Hall–Kier alpha value is -0.450. The molecule has 2 saturated heterocycles. The quantitative estimate of drug-likeness (QED) is 0.665. The monoisotopic (exact) mass is 323 g/mol. The van der Waals surface area contributed by atoms with Crippen molar-refractivity contribution in [2.24, 2.45) is 11.8 Å². The van der Waals surface area contributed by atoms with Gasteiger partial charge in [0, 0.05) is 23.4 Å². The lowest BCUT2D eigenvalue weighted by atomic mass is 9.77. The molecule has 6 heteroatoms. The first kappa shape index (κ1) is 15.4. The number of hydrogen-bond donors (Lipinski definition) is 0. The molecule has 1 saturated carbocycles. The molecule has 2 bridgehead atoms. The molecule has 2 nitrogen and oxygen atoms in total. The van der Waals surface area contributed by atoms with Gasteiger partial charge in [-0.15, -0.1) is 11.6 Å². The van der Waals surface area contributed by atoms with Gasteiger partial charge >= 0.3 is 6.18 Å². The van der Waals surface area contributed by atoms with Gasteiger partial charge in [-0.2, -0.15) is 13.2 Å². The second-order valence-electron chi connectivity index (χ2n) is 6.74. The maximum absolute atomic E-state index is 13.2. The molecule has 2 aliphatic heterocycles. The van der Waals surface area contributed by atoms with Crippen molar-refractivity contribution in [2.45, 2.75) is 75.0 Å². The Morgan fingerprint density at radius 3 is 2.14 bits per heavy atom. The molecule has 3 aliphatic rings. The Balaban J connectivity index is 1.78. The number of amides is 1. The lowest BCUT2D eigenvalue weighted by Crippen LogP contribution is -2.52. The maximum Gasteiger partial charge on any atom is 0.392 e. The highest BCUT2D eigenvalue weighted by molar-refractivity contribution is 6.20. The van der Waals surface area contributed by atoms with Crippen LogP contribution in [0.5, 0.6) is 0 Å². The number of carbonyl (C=O) groups excluding carboxylic acids is 1. The van der Waals surface area contributed by atoms with Gasteiger partial charge in [0.1, 0.15) is 0 Å². The molecule has 1 aliphatic carbocycles. The van der Waals surface area contributed by atoms with Crippen LogP contribution >= 0.6 is 11.6 Å². The zero-order valence-corrected chi connectivity index (χ0v) is 12.7. The van der Waals surface area contributed by atoms with Gasteiger partial charge < -0.3 is 4.90 Å². The maximum atomic E-state index is 13.2. The molecule has 0 N–H and O–H groups in total. The van der Waals surface area contributed by atoms with Crippen LogP contribution in [0, 0.1) is 11.8 Å². The molecular formula is C15H21ClF3NO. The van der Waals surface area contributed by atoms with Crippen molar-refractivity contribution in [3.8, 4) is 0 Å². The molecule has 4 unspecified atom stereocenters. The normalized spacial score (nSPS) is 40.4. The van der Waals surface area contributed by atoms with Crippen LogP contribution in [0.15, 0.2) is 0 Å². The number of rotatable bonds is 1. The van der Waals surface area contributed by atoms with Gasteiger partial charge in [-0.3, -0.25) is 4.79 Å². The fraction of sp³-hybridized carbons (Fsp3) is 0.933. The van der Waals surface area contributed by atoms with E-state index < -0.39 is 18.0 Å². The first-order chi connectivity index (χ1) is 9.88. The highest BCUT2D eigenvalue weighted by atomic mass is 35.5. The average Bonchev–Trinajstić information content (AvgIpc) is 2.69. The third kappa shape index (κ3) is 2.90. The lowest BCUT2D eigenvalue weighted by Gasteiger charge is -2.42. The van der Waals surface area contributed by atoms with E-state index in [1.807, 2.05) is 0 Å². The minimum absolute atomic E-state index is 0.0644. The predicted molar refractivity (Wildman–Crippen MR) is 74.0 cm³/mol. The van der Waals surface area contributed by atoms with E-state index >= 15 is 0 Å². The Kier molecular flexibility index (Phi) is 4.15. The average molecular weight is 324 g/mol. The SMILES string of the molecule is O=C(C1CCCCC1C(F)(F)F)N1C2CCC1CC(Cl)C2. The molecule has 1 amide bonds. The van der Waals surface area contributed by atoms with Crippen molar-refractivity contribution in [2.75, 3.05) is 0 Å². The Morgan fingerprint density at radius 1 is 1.00 bits per heavy atom. The van der Waals surface area contributed by atoms with Gasteiger partial charge in [0.05, 0.1) is 5.92 Å².